The highest BCUT2D eigenvalue weighted by molar-refractivity contribution is 7.71. The van der Waals surface area contributed by atoms with Gasteiger partial charge < -0.3 is 15.1 Å². The van der Waals surface area contributed by atoms with Crippen molar-refractivity contribution in [1.82, 2.24) is 14.5 Å². The molecule has 0 saturated carbocycles. The first-order chi connectivity index (χ1) is 7.49. The molecule has 2 heterocycles. The van der Waals surface area contributed by atoms with E-state index in [1.807, 2.05) is 0 Å². The van der Waals surface area contributed by atoms with Gasteiger partial charge >= 0.3 is 5.97 Å². The molecule has 0 spiro atoms. The Morgan fingerprint density at radius 2 is 2.25 bits per heavy atom. The van der Waals surface area contributed by atoms with E-state index >= 15 is 0 Å². The number of carboxylic acids is 1. The first-order valence-corrected chi connectivity index (χ1v) is 4.94. The molecule has 0 atom stereocenters. The number of nitrogens with zero attached hydrogens (tertiary/aromatic N) is 1. The largest absolute Gasteiger partial charge is 0.480 e. The number of hydrogen-bond donors (Lipinski definition) is 3. The first kappa shape index (κ1) is 10.6. The minimum atomic E-state index is -1.11. The van der Waals surface area contributed by atoms with E-state index in [9.17, 15) is 9.59 Å². The average Bonchev–Trinajstić information content (AvgIpc) is 2.53. The third kappa shape index (κ3) is 1.65. The van der Waals surface area contributed by atoms with Crippen molar-refractivity contribution in [2.75, 3.05) is 0 Å². The fraction of sp³-hybridized carbons (Fsp3) is 0.222. The predicted octanol–water partition coefficient (Wildman–Crippen LogP) is 0.780. The van der Waals surface area contributed by atoms with Gasteiger partial charge in [-0.2, -0.15) is 0 Å². The molecule has 0 saturated heterocycles. The summed E-state index contributed by atoms with van der Waals surface area (Å²) < 4.78 is 1.12. The van der Waals surface area contributed by atoms with Crippen LogP contribution in [0.25, 0.3) is 11.0 Å². The molecule has 0 aliphatic rings. The lowest BCUT2D eigenvalue weighted by molar-refractivity contribution is -0.137. The Bertz CT molecular complexity index is 679. The van der Waals surface area contributed by atoms with Crippen LogP contribution in [0.1, 0.15) is 5.69 Å². The second-order valence-corrected chi connectivity index (χ2v) is 3.84. The van der Waals surface area contributed by atoms with Gasteiger partial charge in [-0.25, -0.2) is 0 Å². The number of rotatable bonds is 2. The maximum absolute atomic E-state index is 11.9. The normalized spacial score (nSPS) is 10.8. The molecule has 0 amide bonds. The highest BCUT2D eigenvalue weighted by atomic mass is 32.1. The maximum Gasteiger partial charge on any atom is 0.323 e. The van der Waals surface area contributed by atoms with Crippen LogP contribution in [0.3, 0.4) is 0 Å². The van der Waals surface area contributed by atoms with Gasteiger partial charge in [0.1, 0.15) is 12.1 Å². The fourth-order valence-corrected chi connectivity index (χ4v) is 1.80. The van der Waals surface area contributed by atoms with Crippen LogP contribution >= 0.6 is 12.2 Å². The van der Waals surface area contributed by atoms with E-state index in [0.29, 0.717) is 11.0 Å². The molecule has 0 unspecified atom stereocenters. The Labute approximate surface area is 94.5 Å². The number of aromatic nitrogens is 3. The Morgan fingerprint density at radius 1 is 1.56 bits per heavy atom. The SMILES string of the molecule is Cc1cc2[nH]c(=S)n(CC(=O)O)c(=O)c2[nH]1. The fourth-order valence-electron chi connectivity index (χ4n) is 1.55. The van der Waals surface area contributed by atoms with E-state index in [-0.39, 0.29) is 4.77 Å². The summed E-state index contributed by atoms with van der Waals surface area (Å²) in [4.78, 5) is 28.1. The van der Waals surface area contributed by atoms with Crippen LogP contribution < -0.4 is 5.56 Å². The molecule has 0 bridgehead atoms. The molecular weight excluding hydrogens is 230 g/mol. The van der Waals surface area contributed by atoms with Crippen molar-refractivity contribution >= 4 is 29.2 Å². The Morgan fingerprint density at radius 3 is 2.88 bits per heavy atom. The van der Waals surface area contributed by atoms with E-state index in [0.717, 1.165) is 10.3 Å². The number of fused-ring (bicyclic) bond motifs is 1. The maximum atomic E-state index is 11.9. The molecule has 0 radical (unpaired) electrons. The molecule has 84 valence electrons. The van der Waals surface area contributed by atoms with Gasteiger partial charge in [0.25, 0.3) is 5.56 Å². The van der Waals surface area contributed by atoms with Crippen molar-refractivity contribution in [3.8, 4) is 0 Å². The van der Waals surface area contributed by atoms with Gasteiger partial charge in [0, 0.05) is 5.69 Å². The second-order valence-electron chi connectivity index (χ2n) is 3.46. The zero-order chi connectivity index (χ0) is 11.9. The van der Waals surface area contributed by atoms with Crippen molar-refractivity contribution in [3.05, 3.63) is 26.9 Å². The standard InChI is InChI=1S/C9H9N3O3S/c1-4-2-5-7(10-4)8(15)12(3-6(13)14)9(16)11-5/h2,10H,3H2,1H3,(H,11,16)(H,13,14). The monoisotopic (exact) mass is 239 g/mol. The molecule has 6 nitrogen and oxygen atoms in total. The molecule has 3 N–H and O–H groups in total. The quantitative estimate of drug-likeness (QED) is 0.675. The number of carbonyl (C=O) groups is 1. The van der Waals surface area contributed by atoms with E-state index in [1.54, 1.807) is 13.0 Å². The summed E-state index contributed by atoms with van der Waals surface area (Å²) >= 11 is 4.92. The molecule has 0 aliphatic heterocycles. The van der Waals surface area contributed by atoms with E-state index < -0.39 is 18.1 Å². The Hall–Kier alpha value is -1.89. The molecule has 7 heteroatoms. The smallest absolute Gasteiger partial charge is 0.323 e. The van der Waals surface area contributed by atoms with Crippen molar-refractivity contribution in [2.24, 2.45) is 0 Å². The summed E-state index contributed by atoms with van der Waals surface area (Å²) in [5.41, 5.74) is 1.32. The van der Waals surface area contributed by atoms with Gasteiger partial charge in [-0.05, 0) is 25.2 Å². The van der Waals surface area contributed by atoms with E-state index in [4.69, 9.17) is 17.3 Å². The summed E-state index contributed by atoms with van der Waals surface area (Å²) in [7, 11) is 0. The van der Waals surface area contributed by atoms with E-state index in [1.165, 1.54) is 0 Å². The van der Waals surface area contributed by atoms with Crippen LogP contribution in [0.4, 0.5) is 0 Å². The minimum absolute atomic E-state index is 0.110. The lowest BCUT2D eigenvalue weighted by Gasteiger charge is -2.02. The van der Waals surface area contributed by atoms with Crippen molar-refractivity contribution in [2.45, 2.75) is 13.5 Å². The zero-order valence-corrected chi connectivity index (χ0v) is 9.22. The molecule has 2 aromatic rings. The third-order valence-corrected chi connectivity index (χ3v) is 2.51. The van der Waals surface area contributed by atoms with E-state index in [2.05, 4.69) is 9.97 Å². The number of aryl methyl sites for hydroxylation is 1. The molecule has 0 fully saturated rings. The van der Waals surface area contributed by atoms with Crippen LogP contribution in [0.2, 0.25) is 0 Å². The Balaban J connectivity index is 2.80. The number of aliphatic carboxylic acids is 1. The second kappa shape index (κ2) is 3.60. The summed E-state index contributed by atoms with van der Waals surface area (Å²) in [5, 5.41) is 8.66. The van der Waals surface area contributed by atoms with Crippen LogP contribution in [-0.4, -0.2) is 25.6 Å². The Kier molecular flexibility index (Phi) is 2.39. The predicted molar refractivity (Wildman–Crippen MR) is 60.1 cm³/mol. The van der Waals surface area contributed by atoms with Gasteiger partial charge in [-0.3, -0.25) is 14.2 Å². The number of H-pyrrole nitrogens is 2. The van der Waals surface area contributed by atoms with Crippen LogP contribution in [0.5, 0.6) is 0 Å². The van der Waals surface area contributed by atoms with Gasteiger partial charge in [0.05, 0.1) is 5.52 Å². The summed E-state index contributed by atoms with van der Waals surface area (Å²) in [6, 6.07) is 1.75. The van der Waals surface area contributed by atoms with Crippen LogP contribution in [0, 0.1) is 11.7 Å². The highest BCUT2D eigenvalue weighted by Crippen LogP contribution is 2.07. The van der Waals surface area contributed by atoms with Gasteiger partial charge in [-0.1, -0.05) is 0 Å². The topological polar surface area (TPSA) is 90.9 Å². The van der Waals surface area contributed by atoms with Crippen LogP contribution in [-0.2, 0) is 11.3 Å². The molecular formula is C9H9N3O3S. The van der Waals surface area contributed by atoms with Crippen LogP contribution in [0.15, 0.2) is 10.9 Å². The minimum Gasteiger partial charge on any atom is -0.480 e. The number of hydrogen-bond acceptors (Lipinski definition) is 3. The summed E-state index contributed by atoms with van der Waals surface area (Å²) in [6.45, 7) is 1.36. The van der Waals surface area contributed by atoms with Gasteiger partial charge in [0.15, 0.2) is 4.77 Å². The molecule has 2 aromatic heterocycles. The molecule has 2 rings (SSSR count). The molecule has 0 aliphatic carbocycles. The van der Waals surface area contributed by atoms with Crippen molar-refractivity contribution in [1.29, 1.82) is 0 Å². The third-order valence-electron chi connectivity index (χ3n) is 2.19. The van der Waals surface area contributed by atoms with Gasteiger partial charge in [0.2, 0.25) is 0 Å². The number of nitrogens with one attached hydrogen (secondary N) is 2. The zero-order valence-electron chi connectivity index (χ0n) is 8.40. The lowest BCUT2D eigenvalue weighted by Crippen LogP contribution is -2.25. The summed E-state index contributed by atoms with van der Waals surface area (Å²) in [6.07, 6.45) is 0. The number of carboxylic acid groups (broad SMARTS) is 1. The summed E-state index contributed by atoms with van der Waals surface area (Å²) in [5.74, 6) is -1.11. The van der Waals surface area contributed by atoms with Crippen molar-refractivity contribution < 1.29 is 9.90 Å². The average molecular weight is 239 g/mol. The number of aromatic amines is 2. The molecule has 0 aromatic carbocycles. The van der Waals surface area contributed by atoms with Crippen molar-refractivity contribution in [3.63, 3.8) is 0 Å². The molecule has 16 heavy (non-hydrogen) atoms. The highest BCUT2D eigenvalue weighted by Gasteiger charge is 2.09. The van der Waals surface area contributed by atoms with Gasteiger partial charge in [-0.15, -0.1) is 0 Å². The first-order valence-electron chi connectivity index (χ1n) is 4.53. The lowest BCUT2D eigenvalue weighted by atomic mass is 10.4.